The number of hydrogen-bond acceptors (Lipinski definition) is 4. The number of carbonyl (C=O) groups excluding carboxylic acids is 2. The largest absolute Gasteiger partial charge is 0.491 e. The average molecular weight is 433 g/mol. The van der Waals surface area contributed by atoms with Crippen LogP contribution >= 0.6 is 0 Å². The molecule has 0 fully saturated rings. The van der Waals surface area contributed by atoms with E-state index in [0.717, 1.165) is 46.7 Å². The first kappa shape index (κ1) is 21.6. The lowest BCUT2D eigenvalue weighted by atomic mass is 10.1. The number of nitrogens with one attached hydrogen (secondary N) is 1. The van der Waals surface area contributed by atoms with Crippen molar-refractivity contribution in [3.8, 4) is 16.9 Å². The molecule has 0 unspecified atom stereocenters. The van der Waals surface area contributed by atoms with E-state index >= 15 is 0 Å². The van der Waals surface area contributed by atoms with Gasteiger partial charge in [0.25, 0.3) is 0 Å². The summed E-state index contributed by atoms with van der Waals surface area (Å²) in [6.07, 6.45) is 5.95. The predicted molar refractivity (Wildman–Crippen MR) is 125 cm³/mol. The number of ether oxygens (including phenoxy) is 1. The van der Waals surface area contributed by atoms with Crippen LogP contribution in [0.4, 0.5) is 11.4 Å². The molecule has 2 heterocycles. The highest BCUT2D eigenvalue weighted by Gasteiger charge is 2.24. The van der Waals surface area contributed by atoms with Gasteiger partial charge in [0.2, 0.25) is 11.8 Å². The van der Waals surface area contributed by atoms with Gasteiger partial charge in [-0.15, -0.1) is 0 Å². The molecule has 166 valence electrons. The van der Waals surface area contributed by atoms with Crippen molar-refractivity contribution in [2.24, 2.45) is 0 Å². The summed E-state index contributed by atoms with van der Waals surface area (Å²) >= 11 is 0. The summed E-state index contributed by atoms with van der Waals surface area (Å²) in [6, 6.07) is 13.6. The van der Waals surface area contributed by atoms with Crippen LogP contribution in [-0.2, 0) is 16.1 Å². The molecule has 1 aromatic heterocycles. The zero-order chi connectivity index (χ0) is 22.5. The fourth-order valence-electron chi connectivity index (χ4n) is 3.97. The lowest BCUT2D eigenvalue weighted by Crippen LogP contribution is -2.31. The molecule has 2 aromatic carbocycles. The molecule has 0 saturated carbocycles. The highest BCUT2D eigenvalue weighted by atomic mass is 16.5. The smallest absolute Gasteiger partial charge is 0.227 e. The topological polar surface area (TPSA) is 76.5 Å². The predicted octanol–water partition coefficient (Wildman–Crippen LogP) is 4.47. The Morgan fingerprint density at radius 1 is 1.19 bits per heavy atom. The molecule has 1 aliphatic heterocycles. The standard InChI is InChI=1S/C25H28N4O3/c1-3-7-24(31)29-12-6-13-32-25-22(10-5-11-23(25)29)20-15-26-28(17-20)16-19-8-4-9-21(14-19)27-18(2)30/h4-5,8-11,14-15,17H,3,6-7,12-13,16H2,1-2H3,(H,27,30). The highest BCUT2D eigenvalue weighted by molar-refractivity contribution is 5.96. The number of rotatable bonds is 6. The molecular weight excluding hydrogens is 404 g/mol. The molecule has 1 aliphatic rings. The Morgan fingerprint density at radius 2 is 2.03 bits per heavy atom. The number of fused-ring (bicyclic) bond motifs is 1. The van der Waals surface area contributed by atoms with Gasteiger partial charge < -0.3 is 15.0 Å². The van der Waals surface area contributed by atoms with Gasteiger partial charge in [0.1, 0.15) is 0 Å². The number of benzene rings is 2. The second-order valence-corrected chi connectivity index (χ2v) is 7.96. The van der Waals surface area contributed by atoms with Crippen molar-refractivity contribution < 1.29 is 14.3 Å². The molecule has 1 N–H and O–H groups in total. The second kappa shape index (κ2) is 9.68. The Morgan fingerprint density at radius 3 is 2.84 bits per heavy atom. The molecular formula is C25H28N4O3. The number of amides is 2. The molecule has 0 atom stereocenters. The number of nitrogens with zero attached hydrogens (tertiary/aromatic N) is 3. The molecule has 32 heavy (non-hydrogen) atoms. The van der Waals surface area contributed by atoms with E-state index in [0.29, 0.717) is 26.1 Å². The first-order valence-electron chi connectivity index (χ1n) is 11.0. The van der Waals surface area contributed by atoms with Crippen LogP contribution < -0.4 is 15.0 Å². The molecule has 7 nitrogen and oxygen atoms in total. The third kappa shape index (κ3) is 4.82. The van der Waals surface area contributed by atoms with E-state index in [1.807, 2.05) is 71.4 Å². The minimum atomic E-state index is -0.0974. The SMILES string of the molecule is CCCC(=O)N1CCCOc2c(-c3cnn(Cc4cccc(NC(C)=O)c4)c3)cccc21. The molecule has 0 aliphatic carbocycles. The van der Waals surface area contributed by atoms with Gasteiger partial charge in [-0.25, -0.2) is 0 Å². The third-order valence-electron chi connectivity index (χ3n) is 5.36. The van der Waals surface area contributed by atoms with Crippen LogP contribution in [0.2, 0.25) is 0 Å². The minimum Gasteiger partial charge on any atom is -0.491 e. The van der Waals surface area contributed by atoms with Gasteiger partial charge >= 0.3 is 0 Å². The first-order chi connectivity index (χ1) is 15.5. The van der Waals surface area contributed by atoms with E-state index in [9.17, 15) is 9.59 Å². The molecule has 7 heteroatoms. The van der Waals surface area contributed by atoms with Crippen molar-refractivity contribution in [1.29, 1.82) is 0 Å². The Hall–Kier alpha value is -3.61. The molecule has 0 spiro atoms. The van der Waals surface area contributed by atoms with Crippen molar-refractivity contribution >= 4 is 23.2 Å². The minimum absolute atomic E-state index is 0.0974. The monoisotopic (exact) mass is 432 g/mol. The Labute approximate surface area is 188 Å². The van der Waals surface area contributed by atoms with Gasteiger partial charge in [0.15, 0.2) is 5.75 Å². The Kier molecular flexibility index (Phi) is 6.54. The van der Waals surface area contributed by atoms with Gasteiger partial charge in [-0.2, -0.15) is 5.10 Å². The molecule has 0 saturated heterocycles. The maximum atomic E-state index is 12.7. The zero-order valence-electron chi connectivity index (χ0n) is 18.5. The van der Waals surface area contributed by atoms with Crippen molar-refractivity contribution in [2.45, 2.75) is 39.7 Å². The van der Waals surface area contributed by atoms with Gasteiger partial charge in [-0.05, 0) is 36.6 Å². The van der Waals surface area contributed by atoms with Crippen LogP contribution in [0.15, 0.2) is 54.9 Å². The highest BCUT2D eigenvalue weighted by Crippen LogP contribution is 2.40. The number of aromatic nitrogens is 2. The molecule has 3 aromatic rings. The maximum absolute atomic E-state index is 12.7. The van der Waals surface area contributed by atoms with Gasteiger partial charge in [-0.1, -0.05) is 31.2 Å². The summed E-state index contributed by atoms with van der Waals surface area (Å²) in [5.41, 5.74) is 4.49. The Bertz CT molecular complexity index is 1120. The Balaban J connectivity index is 1.60. The van der Waals surface area contributed by atoms with Crippen LogP contribution in [0.5, 0.6) is 5.75 Å². The van der Waals surface area contributed by atoms with E-state index in [4.69, 9.17) is 4.74 Å². The third-order valence-corrected chi connectivity index (χ3v) is 5.36. The fraction of sp³-hybridized carbons (Fsp3) is 0.320. The number of anilines is 2. The first-order valence-corrected chi connectivity index (χ1v) is 11.0. The summed E-state index contributed by atoms with van der Waals surface area (Å²) in [6.45, 7) is 5.33. The van der Waals surface area contributed by atoms with Crippen LogP contribution in [0.25, 0.3) is 11.1 Å². The van der Waals surface area contributed by atoms with Crippen LogP contribution in [0.1, 0.15) is 38.7 Å². The summed E-state index contributed by atoms with van der Waals surface area (Å²) in [5, 5.41) is 7.33. The summed E-state index contributed by atoms with van der Waals surface area (Å²) in [7, 11) is 0. The lowest BCUT2D eigenvalue weighted by Gasteiger charge is -2.22. The maximum Gasteiger partial charge on any atom is 0.227 e. The van der Waals surface area contributed by atoms with Gasteiger partial charge in [0.05, 0.1) is 25.0 Å². The summed E-state index contributed by atoms with van der Waals surface area (Å²) in [4.78, 5) is 25.9. The van der Waals surface area contributed by atoms with E-state index in [1.54, 1.807) is 0 Å². The van der Waals surface area contributed by atoms with Crippen molar-refractivity contribution in [1.82, 2.24) is 9.78 Å². The second-order valence-electron chi connectivity index (χ2n) is 7.96. The number of hydrogen-bond donors (Lipinski definition) is 1. The number of para-hydroxylation sites is 1. The quantitative estimate of drug-likeness (QED) is 0.623. The van der Waals surface area contributed by atoms with E-state index < -0.39 is 0 Å². The van der Waals surface area contributed by atoms with Crippen molar-refractivity contribution in [2.75, 3.05) is 23.4 Å². The van der Waals surface area contributed by atoms with E-state index in [-0.39, 0.29) is 11.8 Å². The molecule has 4 rings (SSSR count). The molecule has 0 bridgehead atoms. The zero-order valence-corrected chi connectivity index (χ0v) is 18.5. The van der Waals surface area contributed by atoms with E-state index in [2.05, 4.69) is 10.4 Å². The summed E-state index contributed by atoms with van der Waals surface area (Å²) < 4.78 is 7.96. The normalized spacial score (nSPS) is 13.1. The van der Waals surface area contributed by atoms with E-state index in [1.165, 1.54) is 6.92 Å². The van der Waals surface area contributed by atoms with Crippen LogP contribution in [-0.4, -0.2) is 34.7 Å². The van der Waals surface area contributed by atoms with Crippen LogP contribution in [0.3, 0.4) is 0 Å². The van der Waals surface area contributed by atoms with Gasteiger partial charge in [-0.3, -0.25) is 14.3 Å². The summed E-state index contributed by atoms with van der Waals surface area (Å²) in [5.74, 6) is 0.771. The van der Waals surface area contributed by atoms with Gasteiger partial charge in [0, 0.05) is 42.9 Å². The van der Waals surface area contributed by atoms with Crippen molar-refractivity contribution in [3.05, 3.63) is 60.4 Å². The fourth-order valence-corrected chi connectivity index (χ4v) is 3.97. The average Bonchev–Trinajstić information content (AvgIpc) is 3.10. The van der Waals surface area contributed by atoms with Crippen LogP contribution in [0, 0.1) is 0 Å². The van der Waals surface area contributed by atoms with Crippen molar-refractivity contribution in [3.63, 3.8) is 0 Å². The lowest BCUT2D eigenvalue weighted by molar-refractivity contribution is -0.118. The number of carbonyl (C=O) groups is 2. The molecule has 2 amide bonds. The molecule has 0 radical (unpaired) electrons.